The van der Waals surface area contributed by atoms with Gasteiger partial charge in [-0.25, -0.2) is 0 Å². The Morgan fingerprint density at radius 1 is 1.47 bits per heavy atom. The molecule has 0 unspecified atom stereocenters. The van der Waals surface area contributed by atoms with Crippen LogP contribution in [0, 0.1) is 11.3 Å². The minimum atomic E-state index is 0.144. The molecule has 1 N–H and O–H groups in total. The van der Waals surface area contributed by atoms with Crippen LogP contribution >= 0.6 is 0 Å². The molecule has 0 saturated heterocycles. The summed E-state index contributed by atoms with van der Waals surface area (Å²) in [7, 11) is 1.54. The highest BCUT2D eigenvalue weighted by Gasteiger charge is 2.45. The first kappa shape index (κ1) is 12.5. The number of rotatable bonds is 4. The van der Waals surface area contributed by atoms with Crippen molar-refractivity contribution in [3.63, 3.8) is 0 Å². The zero-order chi connectivity index (χ0) is 13.3. The van der Waals surface area contributed by atoms with Gasteiger partial charge >= 0.3 is 0 Å². The van der Waals surface area contributed by atoms with Crippen molar-refractivity contribution in [2.75, 3.05) is 7.11 Å². The third-order valence-electron chi connectivity index (χ3n) is 4.56. The van der Waals surface area contributed by atoms with Crippen LogP contribution in [0.2, 0.25) is 0 Å². The molecule has 2 saturated carbocycles. The van der Waals surface area contributed by atoms with E-state index < -0.39 is 0 Å². The summed E-state index contributed by atoms with van der Waals surface area (Å²) < 4.78 is 9.98. The first-order valence-corrected chi connectivity index (χ1v) is 6.98. The molecule has 0 atom stereocenters. The average molecular weight is 264 g/mol. The van der Waals surface area contributed by atoms with E-state index in [0.29, 0.717) is 23.6 Å². The van der Waals surface area contributed by atoms with E-state index >= 15 is 0 Å². The number of nitrogens with one attached hydrogen (secondary N) is 1. The standard InChI is InChI=1S/C14H20N2O3/c1-18-12-8-11(19-16-12)9-15-13(17)10-2-4-14(5-3-10)6-7-14/h8,10H,2-7,9H2,1H3,(H,15,17). The average Bonchev–Trinajstić information content (AvgIpc) is 3.03. The number of hydrogen-bond donors (Lipinski definition) is 1. The van der Waals surface area contributed by atoms with Gasteiger partial charge in [0.2, 0.25) is 5.91 Å². The van der Waals surface area contributed by atoms with Crippen LogP contribution in [0.4, 0.5) is 0 Å². The smallest absolute Gasteiger partial charge is 0.254 e. The Hall–Kier alpha value is -1.52. The van der Waals surface area contributed by atoms with Crippen LogP contribution in [0.5, 0.6) is 5.88 Å². The van der Waals surface area contributed by atoms with Crippen LogP contribution in [0.25, 0.3) is 0 Å². The molecule has 2 aliphatic carbocycles. The molecule has 1 heterocycles. The van der Waals surface area contributed by atoms with Crippen LogP contribution in [0.1, 0.15) is 44.3 Å². The Kier molecular flexibility index (Phi) is 3.21. The van der Waals surface area contributed by atoms with Gasteiger partial charge in [-0.3, -0.25) is 4.79 Å². The fourth-order valence-electron chi connectivity index (χ4n) is 2.96. The molecule has 0 radical (unpaired) electrons. The molecule has 1 aromatic heterocycles. The van der Waals surface area contributed by atoms with Crippen LogP contribution < -0.4 is 10.1 Å². The molecule has 1 spiro atoms. The topological polar surface area (TPSA) is 64.4 Å². The lowest BCUT2D eigenvalue weighted by atomic mass is 9.79. The predicted molar refractivity (Wildman–Crippen MR) is 68.5 cm³/mol. The van der Waals surface area contributed by atoms with Gasteiger partial charge in [0.05, 0.1) is 13.7 Å². The first-order valence-electron chi connectivity index (χ1n) is 6.98. The molecule has 2 aliphatic rings. The monoisotopic (exact) mass is 264 g/mol. The van der Waals surface area contributed by atoms with Crippen molar-refractivity contribution in [2.45, 2.75) is 45.1 Å². The molecule has 3 rings (SSSR count). The van der Waals surface area contributed by atoms with E-state index in [2.05, 4.69) is 10.5 Å². The zero-order valence-corrected chi connectivity index (χ0v) is 11.3. The molecule has 19 heavy (non-hydrogen) atoms. The number of aromatic nitrogens is 1. The number of methoxy groups -OCH3 is 1. The van der Waals surface area contributed by atoms with Crippen molar-refractivity contribution in [3.8, 4) is 5.88 Å². The largest absolute Gasteiger partial charge is 0.479 e. The fraction of sp³-hybridized carbons (Fsp3) is 0.714. The highest BCUT2D eigenvalue weighted by Crippen LogP contribution is 2.57. The molecule has 0 bridgehead atoms. The van der Waals surface area contributed by atoms with E-state index in [1.54, 1.807) is 6.07 Å². The number of ether oxygens (including phenoxy) is 1. The maximum atomic E-state index is 12.1. The van der Waals surface area contributed by atoms with E-state index in [1.807, 2.05) is 0 Å². The van der Waals surface area contributed by atoms with Crippen molar-refractivity contribution >= 4 is 5.91 Å². The summed E-state index contributed by atoms with van der Waals surface area (Å²) in [6.45, 7) is 0.386. The molecule has 1 amide bonds. The Bertz CT molecular complexity index is 455. The molecular weight excluding hydrogens is 244 g/mol. The van der Waals surface area contributed by atoms with E-state index in [9.17, 15) is 4.79 Å². The maximum Gasteiger partial charge on any atom is 0.254 e. The molecule has 104 valence electrons. The predicted octanol–water partition coefficient (Wildman–Crippen LogP) is 2.27. The van der Waals surface area contributed by atoms with Crippen LogP contribution in [-0.2, 0) is 11.3 Å². The van der Waals surface area contributed by atoms with Gasteiger partial charge in [-0.1, -0.05) is 0 Å². The zero-order valence-electron chi connectivity index (χ0n) is 11.3. The molecule has 0 aliphatic heterocycles. The summed E-state index contributed by atoms with van der Waals surface area (Å²) in [5.41, 5.74) is 0.634. The van der Waals surface area contributed by atoms with E-state index in [1.165, 1.54) is 32.8 Å². The van der Waals surface area contributed by atoms with E-state index in [-0.39, 0.29) is 11.8 Å². The van der Waals surface area contributed by atoms with Crippen molar-refractivity contribution in [1.82, 2.24) is 10.5 Å². The maximum absolute atomic E-state index is 12.1. The Morgan fingerprint density at radius 3 is 2.79 bits per heavy atom. The molecule has 5 nitrogen and oxygen atoms in total. The third-order valence-corrected chi connectivity index (χ3v) is 4.56. The highest BCUT2D eigenvalue weighted by molar-refractivity contribution is 5.78. The number of hydrogen-bond acceptors (Lipinski definition) is 4. The van der Waals surface area contributed by atoms with Gasteiger partial charge in [0.15, 0.2) is 5.76 Å². The summed E-state index contributed by atoms with van der Waals surface area (Å²) in [6.07, 6.45) is 7.26. The molecule has 5 heteroatoms. The van der Waals surface area contributed by atoms with Gasteiger partial charge in [-0.2, -0.15) is 0 Å². The van der Waals surface area contributed by atoms with Crippen LogP contribution in [0.15, 0.2) is 10.6 Å². The van der Waals surface area contributed by atoms with Crippen molar-refractivity contribution in [3.05, 3.63) is 11.8 Å². The lowest BCUT2D eigenvalue weighted by molar-refractivity contribution is -0.126. The van der Waals surface area contributed by atoms with Crippen LogP contribution in [-0.4, -0.2) is 18.2 Å². The van der Waals surface area contributed by atoms with E-state index in [0.717, 1.165) is 12.8 Å². The second-order valence-corrected chi connectivity index (χ2v) is 5.83. The molecular formula is C14H20N2O3. The lowest BCUT2D eigenvalue weighted by Crippen LogP contribution is -2.33. The van der Waals surface area contributed by atoms with Gasteiger partial charge in [-0.15, -0.1) is 0 Å². The number of carbonyl (C=O) groups excluding carboxylic acids is 1. The second-order valence-electron chi connectivity index (χ2n) is 5.83. The fourth-order valence-corrected chi connectivity index (χ4v) is 2.96. The summed E-state index contributed by atoms with van der Waals surface area (Å²) in [4.78, 5) is 12.1. The molecule has 0 aromatic carbocycles. The van der Waals surface area contributed by atoms with Crippen molar-refractivity contribution in [2.24, 2.45) is 11.3 Å². The quantitative estimate of drug-likeness (QED) is 0.906. The minimum Gasteiger partial charge on any atom is -0.479 e. The third kappa shape index (κ3) is 2.74. The Labute approximate surface area is 112 Å². The second kappa shape index (κ2) is 4.87. The first-order chi connectivity index (χ1) is 9.21. The van der Waals surface area contributed by atoms with Gasteiger partial charge < -0.3 is 14.6 Å². The SMILES string of the molecule is COc1cc(CNC(=O)C2CCC3(CC2)CC3)on1. The summed E-state index contributed by atoms with van der Waals surface area (Å²) in [5, 5.41) is 6.63. The number of nitrogens with zero attached hydrogens (tertiary/aromatic N) is 1. The van der Waals surface area contributed by atoms with Gasteiger partial charge in [0.25, 0.3) is 5.88 Å². The van der Waals surface area contributed by atoms with Crippen LogP contribution in [0.3, 0.4) is 0 Å². The Morgan fingerprint density at radius 2 is 2.21 bits per heavy atom. The highest BCUT2D eigenvalue weighted by atomic mass is 16.5. The summed E-state index contributed by atoms with van der Waals surface area (Å²) in [6, 6.07) is 1.69. The van der Waals surface area contributed by atoms with Gasteiger partial charge in [-0.05, 0) is 49.1 Å². The van der Waals surface area contributed by atoms with E-state index in [4.69, 9.17) is 9.26 Å². The molecule has 2 fully saturated rings. The molecule has 1 aromatic rings. The lowest BCUT2D eigenvalue weighted by Gasteiger charge is -2.27. The van der Waals surface area contributed by atoms with Crippen molar-refractivity contribution in [1.29, 1.82) is 0 Å². The summed E-state index contributed by atoms with van der Waals surface area (Å²) in [5.74, 6) is 1.39. The van der Waals surface area contributed by atoms with Crippen molar-refractivity contribution < 1.29 is 14.1 Å². The summed E-state index contributed by atoms with van der Waals surface area (Å²) >= 11 is 0. The van der Waals surface area contributed by atoms with Gasteiger partial charge in [0.1, 0.15) is 0 Å². The van der Waals surface area contributed by atoms with Gasteiger partial charge in [0, 0.05) is 12.0 Å². The Balaban J connectivity index is 1.46. The normalized spacial score (nSPS) is 21.3. The number of carbonyl (C=O) groups is 1. The number of amides is 1. The minimum absolute atomic E-state index is 0.144.